The summed E-state index contributed by atoms with van der Waals surface area (Å²) in [6.45, 7) is 1.99. The van der Waals surface area contributed by atoms with Crippen LogP contribution in [0.1, 0.15) is 12.5 Å². The van der Waals surface area contributed by atoms with Crippen molar-refractivity contribution in [1.29, 1.82) is 0 Å². The van der Waals surface area contributed by atoms with E-state index in [4.69, 9.17) is 0 Å². The van der Waals surface area contributed by atoms with Crippen LogP contribution in [0.3, 0.4) is 0 Å². The lowest BCUT2D eigenvalue weighted by molar-refractivity contribution is -0.117. The van der Waals surface area contributed by atoms with E-state index in [0.29, 0.717) is 6.54 Å². The van der Waals surface area contributed by atoms with Crippen LogP contribution < -0.4 is 4.90 Å². The number of rotatable bonds is 2. The molecule has 0 saturated heterocycles. The number of sulfone groups is 1. The maximum Gasteiger partial charge on any atom is 0.245 e. The number of fused-ring (bicyclic) bond motifs is 1. The van der Waals surface area contributed by atoms with Gasteiger partial charge in [-0.25, -0.2) is 8.42 Å². The largest absolute Gasteiger partial charge is 0.311 e. The molecule has 0 spiro atoms. The third kappa shape index (κ3) is 2.44. The fraction of sp³-hybridized carbons (Fsp3) is 0.417. The molecule has 1 heterocycles. The molecule has 0 fully saturated rings. The Bertz CT molecular complexity index is 597. The second-order valence-corrected chi connectivity index (χ2v) is 7.77. The van der Waals surface area contributed by atoms with Crippen LogP contribution in [0.4, 0.5) is 5.69 Å². The van der Waals surface area contributed by atoms with Gasteiger partial charge in [0, 0.05) is 23.0 Å². The predicted octanol–water partition coefficient (Wildman–Crippen LogP) is 1.77. The summed E-state index contributed by atoms with van der Waals surface area (Å²) in [5, 5.41) is -0.993. The van der Waals surface area contributed by atoms with E-state index in [0.717, 1.165) is 28.4 Å². The third-order valence-corrected chi connectivity index (χ3v) is 5.17. The van der Waals surface area contributed by atoms with Crippen molar-refractivity contribution >= 4 is 37.4 Å². The van der Waals surface area contributed by atoms with Gasteiger partial charge < -0.3 is 4.90 Å². The van der Waals surface area contributed by atoms with Crippen LogP contribution in [-0.2, 0) is 21.1 Å². The van der Waals surface area contributed by atoms with Crippen molar-refractivity contribution in [2.45, 2.75) is 18.6 Å². The van der Waals surface area contributed by atoms with Crippen LogP contribution in [0.15, 0.2) is 22.7 Å². The van der Waals surface area contributed by atoms with Gasteiger partial charge >= 0.3 is 0 Å². The van der Waals surface area contributed by atoms with Crippen molar-refractivity contribution in [2.24, 2.45) is 0 Å². The lowest BCUT2D eigenvalue weighted by Crippen LogP contribution is -2.40. The smallest absolute Gasteiger partial charge is 0.245 e. The summed E-state index contributed by atoms with van der Waals surface area (Å²) in [7, 11) is -3.35. The number of hydrogen-bond donors (Lipinski definition) is 0. The van der Waals surface area contributed by atoms with Gasteiger partial charge in [0.2, 0.25) is 5.91 Å². The predicted molar refractivity (Wildman–Crippen MR) is 74.5 cm³/mol. The van der Waals surface area contributed by atoms with Crippen LogP contribution in [0.25, 0.3) is 0 Å². The van der Waals surface area contributed by atoms with Gasteiger partial charge in [-0.1, -0.05) is 15.9 Å². The first-order valence-electron chi connectivity index (χ1n) is 5.59. The molecule has 18 heavy (non-hydrogen) atoms. The molecule has 0 saturated carbocycles. The minimum absolute atomic E-state index is 0.349. The third-order valence-electron chi connectivity index (χ3n) is 3.19. The Balaban J connectivity index is 2.32. The average Bonchev–Trinajstić information content (AvgIpc) is 2.68. The average molecular weight is 332 g/mol. The van der Waals surface area contributed by atoms with Crippen molar-refractivity contribution < 1.29 is 13.2 Å². The Morgan fingerprint density at radius 2 is 2.11 bits per heavy atom. The van der Waals surface area contributed by atoms with E-state index >= 15 is 0 Å². The van der Waals surface area contributed by atoms with Crippen LogP contribution in [0.2, 0.25) is 0 Å². The molecule has 1 aromatic carbocycles. The van der Waals surface area contributed by atoms with E-state index in [1.165, 1.54) is 6.92 Å². The minimum Gasteiger partial charge on any atom is -0.311 e. The molecule has 6 heteroatoms. The molecule has 1 unspecified atom stereocenters. The summed E-state index contributed by atoms with van der Waals surface area (Å²) in [5.41, 5.74) is 1.89. The second-order valence-electron chi connectivity index (χ2n) is 4.48. The zero-order chi connectivity index (χ0) is 13.5. The molecule has 1 aromatic rings. The standard InChI is InChI=1S/C12H14BrNO3S/c1-8(18(2,16)17)12(15)14-6-5-9-7-10(13)3-4-11(9)14/h3-4,7-8H,5-6H2,1-2H3. The molecule has 1 amide bonds. The zero-order valence-electron chi connectivity index (χ0n) is 10.2. The summed E-state index contributed by atoms with van der Waals surface area (Å²) in [4.78, 5) is 13.7. The Labute approximate surface area is 115 Å². The van der Waals surface area contributed by atoms with E-state index in [1.54, 1.807) is 4.90 Å². The van der Waals surface area contributed by atoms with Gasteiger partial charge in [0.1, 0.15) is 5.25 Å². The molecular formula is C12H14BrNO3S. The van der Waals surface area contributed by atoms with E-state index in [2.05, 4.69) is 15.9 Å². The van der Waals surface area contributed by atoms with E-state index in [9.17, 15) is 13.2 Å². The number of anilines is 1. The summed E-state index contributed by atoms with van der Waals surface area (Å²) in [6, 6.07) is 5.67. The quantitative estimate of drug-likeness (QED) is 0.829. The molecule has 4 nitrogen and oxygen atoms in total. The second kappa shape index (κ2) is 4.66. The molecule has 2 rings (SSSR count). The number of carbonyl (C=O) groups is 1. The molecule has 1 aliphatic rings. The highest BCUT2D eigenvalue weighted by atomic mass is 79.9. The maximum absolute atomic E-state index is 12.2. The van der Waals surface area contributed by atoms with Crippen molar-refractivity contribution in [1.82, 2.24) is 0 Å². The number of carbonyl (C=O) groups excluding carboxylic acids is 1. The maximum atomic E-state index is 12.2. The highest BCUT2D eigenvalue weighted by molar-refractivity contribution is 9.10. The molecule has 98 valence electrons. The first-order valence-corrected chi connectivity index (χ1v) is 8.34. The normalized spacial score (nSPS) is 16.5. The number of nitrogens with zero attached hydrogens (tertiary/aromatic N) is 1. The Hall–Kier alpha value is -0.880. The van der Waals surface area contributed by atoms with Crippen molar-refractivity contribution in [3.05, 3.63) is 28.2 Å². The minimum atomic E-state index is -3.35. The van der Waals surface area contributed by atoms with Gasteiger partial charge in [-0.15, -0.1) is 0 Å². The van der Waals surface area contributed by atoms with Crippen LogP contribution in [-0.4, -0.2) is 32.4 Å². The summed E-state index contributed by atoms with van der Waals surface area (Å²) < 4.78 is 23.8. The summed E-state index contributed by atoms with van der Waals surface area (Å²) >= 11 is 3.38. The van der Waals surface area contributed by atoms with Gasteiger partial charge in [0.15, 0.2) is 9.84 Å². The van der Waals surface area contributed by atoms with Crippen LogP contribution in [0, 0.1) is 0 Å². The Morgan fingerprint density at radius 3 is 2.72 bits per heavy atom. The fourth-order valence-corrected chi connectivity index (χ4v) is 2.90. The molecule has 1 atom stereocenters. The molecular weight excluding hydrogens is 318 g/mol. The monoisotopic (exact) mass is 331 g/mol. The topological polar surface area (TPSA) is 54.5 Å². The Kier molecular flexibility index (Phi) is 3.51. The van der Waals surface area contributed by atoms with E-state index in [-0.39, 0.29) is 5.91 Å². The molecule has 1 aliphatic heterocycles. The summed E-state index contributed by atoms with van der Waals surface area (Å²) in [5.74, 6) is -0.349. The van der Waals surface area contributed by atoms with E-state index < -0.39 is 15.1 Å². The highest BCUT2D eigenvalue weighted by Crippen LogP contribution is 2.31. The molecule has 0 radical (unpaired) electrons. The number of amides is 1. The first-order chi connectivity index (χ1) is 8.30. The van der Waals surface area contributed by atoms with Gasteiger partial charge in [-0.3, -0.25) is 4.79 Å². The number of benzene rings is 1. The number of hydrogen-bond acceptors (Lipinski definition) is 3. The highest BCUT2D eigenvalue weighted by Gasteiger charge is 2.32. The Morgan fingerprint density at radius 1 is 1.44 bits per heavy atom. The SMILES string of the molecule is CC(C(=O)N1CCc2cc(Br)ccc21)S(C)(=O)=O. The van der Waals surface area contributed by atoms with Crippen LogP contribution >= 0.6 is 15.9 Å². The van der Waals surface area contributed by atoms with Crippen molar-refractivity contribution in [2.75, 3.05) is 17.7 Å². The lowest BCUT2D eigenvalue weighted by Gasteiger charge is -2.20. The van der Waals surface area contributed by atoms with Gasteiger partial charge in [-0.05, 0) is 37.1 Å². The molecule has 0 bridgehead atoms. The number of halogens is 1. The van der Waals surface area contributed by atoms with E-state index in [1.807, 2.05) is 18.2 Å². The first kappa shape index (κ1) is 13.5. The van der Waals surface area contributed by atoms with Gasteiger partial charge in [-0.2, -0.15) is 0 Å². The molecule has 0 N–H and O–H groups in total. The lowest BCUT2D eigenvalue weighted by atomic mass is 10.2. The molecule has 0 aliphatic carbocycles. The summed E-state index contributed by atoms with van der Waals surface area (Å²) in [6.07, 6.45) is 1.85. The fourth-order valence-electron chi connectivity index (χ4n) is 2.00. The van der Waals surface area contributed by atoms with Crippen molar-refractivity contribution in [3.63, 3.8) is 0 Å². The zero-order valence-corrected chi connectivity index (χ0v) is 12.6. The van der Waals surface area contributed by atoms with Crippen LogP contribution in [0.5, 0.6) is 0 Å². The van der Waals surface area contributed by atoms with Gasteiger partial charge in [0.25, 0.3) is 0 Å². The molecule has 0 aromatic heterocycles. The van der Waals surface area contributed by atoms with Gasteiger partial charge in [0.05, 0.1) is 0 Å². The van der Waals surface area contributed by atoms with Crippen molar-refractivity contribution in [3.8, 4) is 0 Å².